The number of fused-ring (bicyclic) bond motifs is 1. The number of nitrogens with zero attached hydrogens (tertiary/aromatic N) is 4. The topological polar surface area (TPSA) is 118 Å². The summed E-state index contributed by atoms with van der Waals surface area (Å²) in [6.07, 6.45) is 4.27. The van der Waals surface area contributed by atoms with Crippen LogP contribution >= 0.6 is 11.3 Å². The molecule has 3 aromatic rings. The molecule has 0 aromatic carbocycles. The summed E-state index contributed by atoms with van der Waals surface area (Å²) in [6.45, 7) is 3.41. The summed E-state index contributed by atoms with van der Waals surface area (Å²) >= 11 is 0.874. The van der Waals surface area contributed by atoms with Gasteiger partial charge in [0.15, 0.2) is 0 Å². The number of aromatic amines is 2. The molecule has 9 nitrogen and oxygen atoms in total. The molecule has 0 aliphatic carbocycles. The Kier molecular flexibility index (Phi) is 4.80. The molecule has 0 radical (unpaired) electrons. The predicted octanol–water partition coefficient (Wildman–Crippen LogP) is 1.33. The molecular formula is C18H22N6O3S. The highest BCUT2D eigenvalue weighted by molar-refractivity contribution is 7.09. The summed E-state index contributed by atoms with van der Waals surface area (Å²) < 4.78 is 0. The highest BCUT2D eigenvalue weighted by Gasteiger charge is 2.33. The first kappa shape index (κ1) is 18.5. The van der Waals surface area contributed by atoms with E-state index in [2.05, 4.69) is 31.8 Å². The lowest BCUT2D eigenvalue weighted by molar-refractivity contribution is -0.132. The minimum Gasteiger partial charge on any atom is -0.494 e. The predicted molar refractivity (Wildman–Crippen MR) is 107 cm³/mol. The quantitative estimate of drug-likeness (QED) is 0.606. The van der Waals surface area contributed by atoms with Crippen LogP contribution in [-0.2, 0) is 11.2 Å². The van der Waals surface area contributed by atoms with E-state index in [0.717, 1.165) is 34.6 Å². The third kappa shape index (κ3) is 3.35. The smallest absolute Gasteiger partial charge is 0.307 e. The number of nitrogens with one attached hydrogen (secondary N) is 2. The summed E-state index contributed by atoms with van der Waals surface area (Å²) in [6, 6.07) is 2.05. The van der Waals surface area contributed by atoms with Crippen LogP contribution in [0.2, 0.25) is 0 Å². The lowest BCUT2D eigenvalue weighted by Crippen LogP contribution is -2.53. The normalized spacial score (nSPS) is 19.9. The second-order valence-corrected chi connectivity index (χ2v) is 8.25. The third-order valence-electron chi connectivity index (χ3n) is 5.45. The molecule has 3 aromatic heterocycles. The summed E-state index contributed by atoms with van der Waals surface area (Å²) in [7, 11) is 1.99. The standard InChI is InChI=1S/C18H22N6O3S/c1-10-4-6-24(14(25)7-13-17(26)22-18(27)28-13)8-12(10)23(2)16-11-3-5-19-15(11)20-9-21-16/h3,5,9-10,12,26H,4,6-8H2,1-2H3,(H,22,27)(H,19,20,21). The Bertz CT molecular complexity index is 1060. The van der Waals surface area contributed by atoms with Crippen LogP contribution in [0, 0.1) is 5.92 Å². The Morgan fingerprint density at radius 1 is 1.46 bits per heavy atom. The molecule has 10 heteroatoms. The highest BCUT2D eigenvalue weighted by atomic mass is 32.1. The summed E-state index contributed by atoms with van der Waals surface area (Å²) in [5.74, 6) is 0.914. The van der Waals surface area contributed by atoms with Gasteiger partial charge in [-0.25, -0.2) is 9.97 Å². The number of rotatable bonds is 4. The van der Waals surface area contributed by atoms with Crippen LogP contribution in [0.3, 0.4) is 0 Å². The Labute approximate surface area is 165 Å². The van der Waals surface area contributed by atoms with E-state index in [1.165, 1.54) is 6.33 Å². The average molecular weight is 402 g/mol. The Morgan fingerprint density at radius 3 is 3.04 bits per heavy atom. The van der Waals surface area contributed by atoms with E-state index >= 15 is 0 Å². The van der Waals surface area contributed by atoms with Gasteiger partial charge in [0, 0.05) is 26.3 Å². The van der Waals surface area contributed by atoms with E-state index in [9.17, 15) is 14.7 Å². The van der Waals surface area contributed by atoms with Crippen molar-refractivity contribution < 1.29 is 9.90 Å². The van der Waals surface area contributed by atoms with E-state index in [1.807, 2.05) is 19.3 Å². The number of likely N-dealkylation sites (N-methyl/N-ethyl adjacent to an activating group) is 1. The molecule has 3 N–H and O–H groups in total. The number of anilines is 1. The highest BCUT2D eigenvalue weighted by Crippen LogP contribution is 2.29. The fourth-order valence-corrected chi connectivity index (χ4v) is 4.51. The molecule has 0 saturated carbocycles. The molecule has 2 unspecified atom stereocenters. The van der Waals surface area contributed by atoms with Crippen molar-refractivity contribution in [2.75, 3.05) is 25.0 Å². The molecule has 28 heavy (non-hydrogen) atoms. The molecule has 148 valence electrons. The number of hydrogen-bond donors (Lipinski definition) is 3. The number of likely N-dealkylation sites (tertiary alicyclic amines) is 1. The molecule has 0 bridgehead atoms. The number of thiazole rings is 1. The fourth-order valence-electron chi connectivity index (χ4n) is 3.80. The van der Waals surface area contributed by atoms with Gasteiger partial charge in [0.25, 0.3) is 0 Å². The van der Waals surface area contributed by atoms with Gasteiger partial charge in [-0.05, 0) is 18.4 Å². The lowest BCUT2D eigenvalue weighted by Gasteiger charge is -2.42. The Balaban J connectivity index is 1.53. The zero-order valence-corrected chi connectivity index (χ0v) is 16.5. The molecule has 2 atom stereocenters. The number of hydrogen-bond acceptors (Lipinski definition) is 7. The molecule has 1 fully saturated rings. The van der Waals surface area contributed by atoms with Gasteiger partial charge in [-0.2, -0.15) is 0 Å². The summed E-state index contributed by atoms with van der Waals surface area (Å²) in [4.78, 5) is 42.2. The molecule has 0 spiro atoms. The van der Waals surface area contributed by atoms with Crippen molar-refractivity contribution in [2.45, 2.75) is 25.8 Å². The van der Waals surface area contributed by atoms with Crippen LogP contribution in [0.15, 0.2) is 23.4 Å². The number of aromatic nitrogens is 4. The largest absolute Gasteiger partial charge is 0.494 e. The number of H-pyrrole nitrogens is 2. The van der Waals surface area contributed by atoms with E-state index in [0.29, 0.717) is 23.9 Å². The van der Waals surface area contributed by atoms with Gasteiger partial charge < -0.3 is 19.9 Å². The van der Waals surface area contributed by atoms with Gasteiger partial charge in [-0.15, -0.1) is 0 Å². The molecular weight excluding hydrogens is 380 g/mol. The van der Waals surface area contributed by atoms with Crippen molar-refractivity contribution in [1.29, 1.82) is 0 Å². The third-order valence-corrected chi connectivity index (χ3v) is 6.32. The van der Waals surface area contributed by atoms with Crippen LogP contribution < -0.4 is 9.77 Å². The zero-order valence-electron chi connectivity index (χ0n) is 15.7. The Hall–Kier alpha value is -2.88. The minimum atomic E-state index is -0.357. The van der Waals surface area contributed by atoms with Crippen LogP contribution in [0.4, 0.5) is 5.82 Å². The zero-order chi connectivity index (χ0) is 19.8. The van der Waals surface area contributed by atoms with Gasteiger partial charge in [0.1, 0.15) is 17.8 Å². The summed E-state index contributed by atoms with van der Waals surface area (Å²) in [5, 5.41) is 10.7. The second kappa shape index (κ2) is 7.27. The molecule has 1 amide bonds. The Morgan fingerprint density at radius 2 is 2.29 bits per heavy atom. The van der Waals surface area contributed by atoms with E-state index in [1.54, 1.807) is 4.90 Å². The van der Waals surface area contributed by atoms with Crippen molar-refractivity contribution in [3.63, 3.8) is 0 Å². The molecule has 4 rings (SSSR count). The van der Waals surface area contributed by atoms with Gasteiger partial charge >= 0.3 is 4.87 Å². The van der Waals surface area contributed by atoms with Crippen LogP contribution in [0.25, 0.3) is 11.0 Å². The lowest BCUT2D eigenvalue weighted by atomic mass is 9.92. The molecule has 1 aliphatic heterocycles. The van der Waals surface area contributed by atoms with E-state index < -0.39 is 0 Å². The molecule has 4 heterocycles. The fraction of sp³-hybridized carbons (Fsp3) is 0.444. The average Bonchev–Trinajstić information content (AvgIpc) is 3.27. The van der Waals surface area contributed by atoms with Crippen LogP contribution in [0.1, 0.15) is 18.2 Å². The number of aromatic hydroxyl groups is 1. The molecule has 1 aliphatic rings. The first-order valence-electron chi connectivity index (χ1n) is 9.13. The maximum absolute atomic E-state index is 12.8. The number of amides is 1. The van der Waals surface area contributed by atoms with Crippen molar-refractivity contribution in [2.24, 2.45) is 5.92 Å². The number of piperidine rings is 1. The van der Waals surface area contributed by atoms with Gasteiger partial charge in [-0.3, -0.25) is 14.6 Å². The van der Waals surface area contributed by atoms with Crippen molar-refractivity contribution in [1.82, 2.24) is 24.8 Å². The summed E-state index contributed by atoms with van der Waals surface area (Å²) in [5.41, 5.74) is 0.783. The van der Waals surface area contributed by atoms with Gasteiger partial charge in [-0.1, -0.05) is 18.3 Å². The van der Waals surface area contributed by atoms with Crippen LogP contribution in [-0.4, -0.2) is 62.0 Å². The maximum Gasteiger partial charge on any atom is 0.307 e. The van der Waals surface area contributed by atoms with E-state index in [4.69, 9.17) is 0 Å². The van der Waals surface area contributed by atoms with Crippen molar-refractivity contribution in [3.05, 3.63) is 33.1 Å². The van der Waals surface area contributed by atoms with Gasteiger partial charge in [0.05, 0.1) is 22.7 Å². The second-order valence-electron chi connectivity index (χ2n) is 7.18. The SMILES string of the molecule is CC1CCN(C(=O)Cc2sc(=O)[nH]c2O)CC1N(C)c1ncnc2[nH]ccc12. The number of carbonyl (C=O) groups excluding carboxylic acids is 1. The van der Waals surface area contributed by atoms with Gasteiger partial charge in [0.2, 0.25) is 11.8 Å². The molecule has 1 saturated heterocycles. The maximum atomic E-state index is 12.8. The van der Waals surface area contributed by atoms with Crippen molar-refractivity contribution in [3.8, 4) is 5.88 Å². The van der Waals surface area contributed by atoms with Crippen molar-refractivity contribution >= 4 is 34.1 Å². The first-order valence-corrected chi connectivity index (χ1v) is 9.95. The number of carbonyl (C=O) groups is 1. The first-order chi connectivity index (χ1) is 13.4. The van der Waals surface area contributed by atoms with E-state index in [-0.39, 0.29) is 29.1 Å². The van der Waals surface area contributed by atoms with Crippen LogP contribution in [0.5, 0.6) is 5.88 Å². The monoisotopic (exact) mass is 402 g/mol. The minimum absolute atomic E-state index is 0.0234.